The van der Waals surface area contributed by atoms with Gasteiger partial charge in [-0.1, -0.05) is 27.5 Å². The summed E-state index contributed by atoms with van der Waals surface area (Å²) in [6.45, 7) is 0.615. The molecule has 1 aromatic carbocycles. The molecule has 0 aliphatic heterocycles. The first-order chi connectivity index (χ1) is 6.26. The third kappa shape index (κ3) is 3.44. The Bertz CT molecular complexity index is 278. The topological polar surface area (TPSA) is 18.5 Å². The fraction of sp³-hybridized carbons (Fsp3) is 0.333. The highest BCUT2D eigenvalue weighted by Crippen LogP contribution is 2.25. The summed E-state index contributed by atoms with van der Waals surface area (Å²) in [6, 6.07) is 5.30. The van der Waals surface area contributed by atoms with Gasteiger partial charge in [0.2, 0.25) is 0 Å². The van der Waals surface area contributed by atoms with Crippen LogP contribution in [-0.4, -0.2) is 19.0 Å². The van der Waals surface area contributed by atoms with Crippen LogP contribution in [0.1, 0.15) is 0 Å². The molecular formula is C9H10BrClO2. The van der Waals surface area contributed by atoms with E-state index in [2.05, 4.69) is 15.9 Å². The van der Waals surface area contributed by atoms with Gasteiger partial charge in [0.05, 0.1) is 13.7 Å². The van der Waals surface area contributed by atoms with Crippen LogP contribution in [0.25, 0.3) is 0 Å². The number of ether oxygens (including phenoxy) is 2. The number of benzene rings is 1. The summed E-state index contributed by atoms with van der Waals surface area (Å²) >= 11 is 9.11. The molecule has 0 aromatic heterocycles. The number of rotatable bonds is 4. The molecule has 0 aliphatic rings. The molecule has 0 spiro atoms. The highest BCUT2D eigenvalue weighted by Gasteiger charge is 1.99. The smallest absolute Gasteiger partial charge is 0.124 e. The van der Waals surface area contributed by atoms with Crippen molar-refractivity contribution in [2.24, 2.45) is 0 Å². The van der Waals surface area contributed by atoms with E-state index in [0.29, 0.717) is 17.4 Å². The Labute approximate surface area is 90.9 Å². The fourth-order valence-electron chi connectivity index (χ4n) is 0.895. The molecule has 0 aliphatic carbocycles. The molecule has 13 heavy (non-hydrogen) atoms. The number of methoxy groups -OCH3 is 1. The lowest BCUT2D eigenvalue weighted by atomic mass is 10.3. The third-order valence-corrected chi connectivity index (χ3v) is 1.97. The second-order valence-electron chi connectivity index (χ2n) is 2.36. The Balaban J connectivity index is 2.76. The third-order valence-electron chi connectivity index (χ3n) is 1.43. The van der Waals surface area contributed by atoms with Crippen molar-refractivity contribution in [3.63, 3.8) is 0 Å². The Morgan fingerprint density at radius 1 is 1.31 bits per heavy atom. The van der Waals surface area contributed by atoms with Crippen LogP contribution in [0.5, 0.6) is 11.5 Å². The molecule has 72 valence electrons. The minimum Gasteiger partial charge on any atom is -0.497 e. The van der Waals surface area contributed by atoms with Gasteiger partial charge in [0.25, 0.3) is 0 Å². The molecule has 0 bridgehead atoms. The molecule has 0 amide bonds. The van der Waals surface area contributed by atoms with Crippen molar-refractivity contribution < 1.29 is 9.47 Å². The number of halogens is 2. The van der Waals surface area contributed by atoms with Crippen LogP contribution in [0.15, 0.2) is 18.2 Å². The molecule has 0 fully saturated rings. The van der Waals surface area contributed by atoms with Crippen LogP contribution in [0.3, 0.4) is 0 Å². The molecule has 1 aromatic rings. The zero-order chi connectivity index (χ0) is 9.68. The van der Waals surface area contributed by atoms with Gasteiger partial charge in [0.1, 0.15) is 11.5 Å². The monoisotopic (exact) mass is 264 g/mol. The SMILES string of the molecule is COc1cc(Cl)cc(OCCBr)c1. The summed E-state index contributed by atoms with van der Waals surface area (Å²) in [4.78, 5) is 0. The maximum atomic E-state index is 5.84. The first-order valence-corrected chi connectivity index (χ1v) is 5.29. The zero-order valence-electron chi connectivity index (χ0n) is 7.22. The van der Waals surface area contributed by atoms with Crippen molar-refractivity contribution in [1.82, 2.24) is 0 Å². The van der Waals surface area contributed by atoms with Gasteiger partial charge in [-0.2, -0.15) is 0 Å². The quantitative estimate of drug-likeness (QED) is 0.779. The first kappa shape index (κ1) is 10.7. The van der Waals surface area contributed by atoms with E-state index in [9.17, 15) is 0 Å². The lowest BCUT2D eigenvalue weighted by molar-refractivity contribution is 0.340. The van der Waals surface area contributed by atoms with Gasteiger partial charge in [0.15, 0.2) is 0 Å². The van der Waals surface area contributed by atoms with Gasteiger partial charge in [-0.3, -0.25) is 0 Å². The lowest BCUT2D eigenvalue weighted by Gasteiger charge is -2.06. The molecule has 1 rings (SSSR count). The van der Waals surface area contributed by atoms with E-state index in [4.69, 9.17) is 21.1 Å². The van der Waals surface area contributed by atoms with Crippen LogP contribution >= 0.6 is 27.5 Å². The summed E-state index contributed by atoms with van der Waals surface area (Å²) < 4.78 is 10.4. The van der Waals surface area contributed by atoms with E-state index in [0.717, 1.165) is 11.1 Å². The maximum Gasteiger partial charge on any atom is 0.124 e. The fourth-order valence-corrected chi connectivity index (χ4v) is 1.27. The van der Waals surface area contributed by atoms with E-state index in [1.165, 1.54) is 0 Å². The standard InChI is InChI=1S/C9H10BrClO2/c1-12-8-4-7(11)5-9(6-8)13-3-2-10/h4-6H,2-3H2,1H3. The Morgan fingerprint density at radius 2 is 2.00 bits per heavy atom. The van der Waals surface area contributed by atoms with Crippen LogP contribution in [0, 0.1) is 0 Å². The van der Waals surface area contributed by atoms with Gasteiger partial charge >= 0.3 is 0 Å². The summed E-state index contributed by atoms with van der Waals surface area (Å²) in [5, 5.41) is 1.41. The van der Waals surface area contributed by atoms with Crippen LogP contribution in [-0.2, 0) is 0 Å². The molecule has 0 radical (unpaired) electrons. The van der Waals surface area contributed by atoms with Crippen molar-refractivity contribution in [3.05, 3.63) is 23.2 Å². The molecule has 4 heteroatoms. The van der Waals surface area contributed by atoms with E-state index in [1.807, 2.05) is 0 Å². The van der Waals surface area contributed by atoms with Crippen LogP contribution in [0.2, 0.25) is 5.02 Å². The molecule has 0 heterocycles. The van der Waals surface area contributed by atoms with Crippen molar-refractivity contribution in [2.75, 3.05) is 19.0 Å². The Hall–Kier alpha value is -0.410. The lowest BCUT2D eigenvalue weighted by Crippen LogP contribution is -1.97. The highest BCUT2D eigenvalue weighted by molar-refractivity contribution is 9.09. The van der Waals surface area contributed by atoms with Crippen LogP contribution < -0.4 is 9.47 Å². The molecular weight excluding hydrogens is 255 g/mol. The molecule has 0 N–H and O–H groups in total. The predicted octanol–water partition coefficient (Wildman–Crippen LogP) is 3.12. The predicted molar refractivity (Wildman–Crippen MR) is 57.3 cm³/mol. The average molecular weight is 266 g/mol. The van der Waals surface area contributed by atoms with Gasteiger partial charge in [-0.05, 0) is 12.1 Å². The Kier molecular flexibility index (Phi) is 4.39. The minimum absolute atomic E-state index is 0.615. The van der Waals surface area contributed by atoms with E-state index in [1.54, 1.807) is 25.3 Å². The van der Waals surface area contributed by atoms with Crippen LogP contribution in [0.4, 0.5) is 0 Å². The van der Waals surface area contributed by atoms with Crippen molar-refractivity contribution in [2.45, 2.75) is 0 Å². The van der Waals surface area contributed by atoms with Gasteiger partial charge in [-0.25, -0.2) is 0 Å². The maximum absolute atomic E-state index is 5.84. The van der Waals surface area contributed by atoms with Gasteiger partial charge < -0.3 is 9.47 Å². The summed E-state index contributed by atoms with van der Waals surface area (Å²) in [5.74, 6) is 1.43. The number of hydrogen-bond acceptors (Lipinski definition) is 2. The minimum atomic E-state index is 0.615. The van der Waals surface area contributed by atoms with E-state index >= 15 is 0 Å². The molecule has 0 atom stereocenters. The molecule has 2 nitrogen and oxygen atoms in total. The van der Waals surface area contributed by atoms with E-state index < -0.39 is 0 Å². The van der Waals surface area contributed by atoms with E-state index in [-0.39, 0.29) is 0 Å². The largest absolute Gasteiger partial charge is 0.497 e. The second-order valence-corrected chi connectivity index (χ2v) is 3.59. The molecule has 0 unspecified atom stereocenters. The zero-order valence-corrected chi connectivity index (χ0v) is 9.56. The second kappa shape index (κ2) is 5.35. The van der Waals surface area contributed by atoms with Gasteiger partial charge in [0, 0.05) is 16.4 Å². The summed E-state index contributed by atoms with van der Waals surface area (Å²) in [7, 11) is 1.60. The summed E-state index contributed by atoms with van der Waals surface area (Å²) in [6.07, 6.45) is 0. The normalized spacial score (nSPS) is 9.77. The van der Waals surface area contributed by atoms with Gasteiger partial charge in [-0.15, -0.1) is 0 Å². The first-order valence-electron chi connectivity index (χ1n) is 3.79. The van der Waals surface area contributed by atoms with Crippen molar-refractivity contribution in [3.8, 4) is 11.5 Å². The number of alkyl halides is 1. The number of hydrogen-bond donors (Lipinski definition) is 0. The Morgan fingerprint density at radius 3 is 2.62 bits per heavy atom. The molecule has 0 saturated heterocycles. The highest BCUT2D eigenvalue weighted by atomic mass is 79.9. The average Bonchev–Trinajstić information content (AvgIpc) is 2.14. The summed E-state index contributed by atoms with van der Waals surface area (Å²) in [5.41, 5.74) is 0. The van der Waals surface area contributed by atoms with Crippen molar-refractivity contribution >= 4 is 27.5 Å². The molecule has 0 saturated carbocycles. The van der Waals surface area contributed by atoms with Crippen molar-refractivity contribution in [1.29, 1.82) is 0 Å².